The topological polar surface area (TPSA) is 35.6 Å². The Morgan fingerprint density at radius 2 is 2.50 bits per heavy atom. The molecule has 5 heteroatoms. The third-order valence-corrected chi connectivity index (χ3v) is 4.07. The van der Waals surface area contributed by atoms with Crippen molar-refractivity contribution in [2.45, 2.75) is 19.5 Å². The van der Waals surface area contributed by atoms with Gasteiger partial charge in [-0.2, -0.15) is 0 Å². The molecule has 1 aliphatic rings. The van der Waals surface area contributed by atoms with Gasteiger partial charge in [-0.05, 0) is 18.4 Å². The van der Waals surface area contributed by atoms with Crippen molar-refractivity contribution in [3.63, 3.8) is 0 Å². The molecule has 2 heterocycles. The predicted octanol–water partition coefficient (Wildman–Crippen LogP) is 1.00. The van der Waals surface area contributed by atoms with Crippen LogP contribution in [0.4, 0.5) is 0 Å². The zero-order chi connectivity index (χ0) is 13.0. The molecule has 18 heavy (non-hydrogen) atoms. The fourth-order valence-electron chi connectivity index (χ4n) is 2.19. The van der Waals surface area contributed by atoms with E-state index in [9.17, 15) is 4.79 Å². The average Bonchev–Trinajstić information content (AvgIpc) is 2.81. The Morgan fingerprint density at radius 3 is 3.17 bits per heavy atom. The highest BCUT2D eigenvalue weighted by molar-refractivity contribution is 7.09. The molecule has 1 N–H and O–H groups in total. The largest absolute Gasteiger partial charge is 0.340 e. The van der Waals surface area contributed by atoms with E-state index in [1.807, 2.05) is 23.4 Å². The monoisotopic (exact) mass is 267 g/mol. The summed E-state index contributed by atoms with van der Waals surface area (Å²) in [4.78, 5) is 17.4. The zero-order valence-corrected chi connectivity index (χ0v) is 11.9. The van der Waals surface area contributed by atoms with E-state index in [1.165, 1.54) is 4.88 Å². The predicted molar refractivity (Wildman–Crippen MR) is 74.7 cm³/mol. The van der Waals surface area contributed by atoms with Gasteiger partial charge in [0.25, 0.3) is 0 Å². The first kappa shape index (κ1) is 13.5. The van der Waals surface area contributed by atoms with Crippen molar-refractivity contribution in [2.75, 3.05) is 33.2 Å². The van der Waals surface area contributed by atoms with Crippen molar-refractivity contribution < 1.29 is 4.79 Å². The minimum Gasteiger partial charge on any atom is -0.340 e. The van der Waals surface area contributed by atoms with Crippen molar-refractivity contribution in [3.8, 4) is 0 Å². The van der Waals surface area contributed by atoms with Gasteiger partial charge in [0, 0.05) is 37.6 Å². The molecule has 0 bridgehead atoms. The molecule has 1 fully saturated rings. The van der Waals surface area contributed by atoms with Gasteiger partial charge in [-0.15, -0.1) is 11.3 Å². The van der Waals surface area contributed by atoms with Crippen LogP contribution in [-0.2, 0) is 11.3 Å². The first-order valence-corrected chi connectivity index (χ1v) is 7.25. The van der Waals surface area contributed by atoms with Crippen LogP contribution in [0.25, 0.3) is 0 Å². The maximum absolute atomic E-state index is 12.1. The highest BCUT2D eigenvalue weighted by Crippen LogP contribution is 2.11. The Bertz CT molecular complexity index is 380. The maximum Gasteiger partial charge on any atom is 0.236 e. The van der Waals surface area contributed by atoms with Crippen molar-refractivity contribution in [2.24, 2.45) is 0 Å². The lowest BCUT2D eigenvalue weighted by molar-refractivity contribution is -0.131. The SMILES string of the molecule is CC1CN(CC(=O)N(C)Cc2cccs2)CCN1. The van der Waals surface area contributed by atoms with Crippen molar-refractivity contribution >= 4 is 17.2 Å². The molecule has 1 aromatic heterocycles. The lowest BCUT2D eigenvalue weighted by atomic mass is 10.2. The molecule has 0 aliphatic carbocycles. The molecule has 1 saturated heterocycles. The summed E-state index contributed by atoms with van der Waals surface area (Å²) >= 11 is 1.70. The summed E-state index contributed by atoms with van der Waals surface area (Å²) in [6.45, 7) is 6.31. The molecule has 0 saturated carbocycles. The lowest BCUT2D eigenvalue weighted by Gasteiger charge is -2.32. The highest BCUT2D eigenvalue weighted by Gasteiger charge is 2.19. The Labute approximate surface area is 113 Å². The molecule has 0 spiro atoms. The summed E-state index contributed by atoms with van der Waals surface area (Å²) < 4.78 is 0. The van der Waals surface area contributed by atoms with Crippen LogP contribution in [0.5, 0.6) is 0 Å². The molecular weight excluding hydrogens is 246 g/mol. The summed E-state index contributed by atoms with van der Waals surface area (Å²) in [5.41, 5.74) is 0. The second kappa shape index (κ2) is 6.31. The van der Waals surface area contributed by atoms with Crippen molar-refractivity contribution in [1.29, 1.82) is 0 Å². The number of piperazine rings is 1. The van der Waals surface area contributed by atoms with Gasteiger partial charge in [-0.25, -0.2) is 0 Å². The summed E-state index contributed by atoms with van der Waals surface area (Å²) in [5, 5.41) is 5.43. The van der Waals surface area contributed by atoms with E-state index >= 15 is 0 Å². The summed E-state index contributed by atoms with van der Waals surface area (Å²) in [6.07, 6.45) is 0. The number of carbonyl (C=O) groups is 1. The summed E-state index contributed by atoms with van der Waals surface area (Å²) in [5.74, 6) is 0.206. The maximum atomic E-state index is 12.1. The van der Waals surface area contributed by atoms with E-state index < -0.39 is 0 Å². The van der Waals surface area contributed by atoms with E-state index in [2.05, 4.69) is 23.2 Å². The van der Waals surface area contributed by atoms with Crippen LogP contribution >= 0.6 is 11.3 Å². The molecule has 0 radical (unpaired) electrons. The molecule has 4 nitrogen and oxygen atoms in total. The molecule has 2 rings (SSSR count). The van der Waals surface area contributed by atoms with E-state index in [0.717, 1.165) is 26.2 Å². The van der Waals surface area contributed by atoms with Gasteiger partial charge in [0.1, 0.15) is 0 Å². The third kappa shape index (κ3) is 3.80. The molecule has 100 valence electrons. The fraction of sp³-hybridized carbons (Fsp3) is 0.615. The number of nitrogens with one attached hydrogen (secondary N) is 1. The molecule has 0 aromatic carbocycles. The van der Waals surface area contributed by atoms with E-state index in [-0.39, 0.29) is 5.91 Å². The average molecular weight is 267 g/mol. The first-order valence-electron chi connectivity index (χ1n) is 6.37. The van der Waals surface area contributed by atoms with Crippen LogP contribution in [0.15, 0.2) is 17.5 Å². The number of hydrogen-bond acceptors (Lipinski definition) is 4. The standard InChI is InChI=1S/C13H21N3OS/c1-11-8-16(6-5-14-11)10-13(17)15(2)9-12-4-3-7-18-12/h3-4,7,11,14H,5-6,8-10H2,1-2H3. The van der Waals surface area contributed by atoms with Crippen LogP contribution < -0.4 is 5.32 Å². The quantitative estimate of drug-likeness (QED) is 0.884. The van der Waals surface area contributed by atoms with E-state index in [1.54, 1.807) is 11.3 Å². The smallest absolute Gasteiger partial charge is 0.236 e. The molecule has 1 aromatic rings. The second-order valence-electron chi connectivity index (χ2n) is 4.92. The van der Waals surface area contributed by atoms with Gasteiger partial charge in [-0.1, -0.05) is 6.07 Å². The van der Waals surface area contributed by atoms with Gasteiger partial charge in [-0.3, -0.25) is 9.69 Å². The van der Waals surface area contributed by atoms with Gasteiger partial charge in [0.2, 0.25) is 5.91 Å². The lowest BCUT2D eigenvalue weighted by Crippen LogP contribution is -2.51. The number of amides is 1. The Kier molecular flexibility index (Phi) is 4.74. The Hall–Kier alpha value is -0.910. The third-order valence-electron chi connectivity index (χ3n) is 3.21. The summed E-state index contributed by atoms with van der Waals surface area (Å²) in [7, 11) is 1.88. The van der Waals surface area contributed by atoms with Gasteiger partial charge >= 0.3 is 0 Å². The molecular formula is C13H21N3OS. The summed E-state index contributed by atoms with van der Waals surface area (Å²) in [6, 6.07) is 4.58. The van der Waals surface area contributed by atoms with Crippen molar-refractivity contribution in [3.05, 3.63) is 22.4 Å². The van der Waals surface area contributed by atoms with Gasteiger partial charge in [0.05, 0.1) is 13.1 Å². The number of nitrogens with zero attached hydrogens (tertiary/aromatic N) is 2. The number of likely N-dealkylation sites (N-methyl/N-ethyl adjacent to an activating group) is 1. The first-order chi connectivity index (χ1) is 8.65. The number of thiophene rings is 1. The minimum atomic E-state index is 0.206. The number of rotatable bonds is 4. The Balaban J connectivity index is 1.79. The molecule has 1 amide bonds. The van der Waals surface area contributed by atoms with Crippen LogP contribution in [0, 0.1) is 0 Å². The van der Waals surface area contributed by atoms with Crippen molar-refractivity contribution in [1.82, 2.24) is 15.1 Å². The van der Waals surface area contributed by atoms with Gasteiger partial charge < -0.3 is 10.2 Å². The van der Waals surface area contributed by atoms with Crippen LogP contribution in [0.3, 0.4) is 0 Å². The molecule has 1 aliphatic heterocycles. The molecule has 1 atom stereocenters. The van der Waals surface area contributed by atoms with Crippen LogP contribution in [-0.4, -0.2) is 55.0 Å². The van der Waals surface area contributed by atoms with Crippen LogP contribution in [0.1, 0.15) is 11.8 Å². The highest BCUT2D eigenvalue weighted by atomic mass is 32.1. The van der Waals surface area contributed by atoms with E-state index in [0.29, 0.717) is 12.6 Å². The zero-order valence-electron chi connectivity index (χ0n) is 11.1. The Morgan fingerprint density at radius 1 is 1.67 bits per heavy atom. The molecule has 1 unspecified atom stereocenters. The second-order valence-corrected chi connectivity index (χ2v) is 5.95. The number of hydrogen-bond donors (Lipinski definition) is 1. The normalized spacial score (nSPS) is 20.9. The van der Waals surface area contributed by atoms with Crippen LogP contribution in [0.2, 0.25) is 0 Å². The fourth-order valence-corrected chi connectivity index (χ4v) is 2.95. The number of carbonyl (C=O) groups excluding carboxylic acids is 1. The van der Waals surface area contributed by atoms with Gasteiger partial charge in [0.15, 0.2) is 0 Å². The minimum absolute atomic E-state index is 0.206. The van der Waals surface area contributed by atoms with E-state index in [4.69, 9.17) is 0 Å².